The van der Waals surface area contributed by atoms with Crippen molar-refractivity contribution in [2.45, 2.75) is 70.5 Å². The monoisotopic (exact) mass is 296 g/mol. The molecule has 2 rings (SSSR count). The number of rotatable bonds is 4. The lowest BCUT2D eigenvalue weighted by Gasteiger charge is -2.50. The molecule has 1 saturated carbocycles. The summed E-state index contributed by atoms with van der Waals surface area (Å²) < 4.78 is 5.30. The predicted octanol–water partition coefficient (Wildman–Crippen LogP) is 1.71. The Morgan fingerprint density at radius 3 is 2.43 bits per heavy atom. The van der Waals surface area contributed by atoms with E-state index in [9.17, 15) is 9.59 Å². The molecular formula is C16H28N2O3. The number of carbonyl (C=O) groups is 2. The molecule has 2 atom stereocenters. The van der Waals surface area contributed by atoms with E-state index < -0.39 is 11.6 Å². The van der Waals surface area contributed by atoms with Gasteiger partial charge >= 0.3 is 0 Å². The molecule has 5 heteroatoms. The number of ether oxygens (including phenoxy) is 1. The molecule has 2 unspecified atom stereocenters. The summed E-state index contributed by atoms with van der Waals surface area (Å²) in [7, 11) is 1.64. The van der Waals surface area contributed by atoms with Crippen LogP contribution < -0.4 is 5.32 Å². The van der Waals surface area contributed by atoms with Crippen molar-refractivity contribution in [3.63, 3.8) is 0 Å². The Morgan fingerprint density at radius 1 is 1.29 bits per heavy atom. The molecule has 0 bridgehead atoms. The molecule has 1 aliphatic heterocycles. The second-order valence-corrected chi connectivity index (χ2v) is 6.79. The van der Waals surface area contributed by atoms with Crippen LogP contribution >= 0.6 is 0 Å². The maximum Gasteiger partial charge on any atom is 0.249 e. The van der Waals surface area contributed by atoms with Crippen LogP contribution in [0.15, 0.2) is 0 Å². The highest BCUT2D eigenvalue weighted by molar-refractivity contribution is 5.99. The number of piperazine rings is 1. The average Bonchev–Trinajstić information content (AvgIpc) is 2.45. The molecular weight excluding hydrogens is 268 g/mol. The first-order valence-corrected chi connectivity index (χ1v) is 8.06. The van der Waals surface area contributed by atoms with Crippen LogP contribution in [0.1, 0.15) is 52.9 Å². The first-order valence-electron chi connectivity index (χ1n) is 8.06. The average molecular weight is 296 g/mol. The van der Waals surface area contributed by atoms with Crippen molar-refractivity contribution >= 4 is 11.8 Å². The quantitative estimate of drug-likeness (QED) is 0.859. The highest BCUT2D eigenvalue weighted by Crippen LogP contribution is 2.35. The van der Waals surface area contributed by atoms with E-state index in [1.54, 1.807) is 12.0 Å². The van der Waals surface area contributed by atoms with Gasteiger partial charge in [0, 0.05) is 7.11 Å². The summed E-state index contributed by atoms with van der Waals surface area (Å²) in [5.74, 6) is 0.311. The second kappa shape index (κ2) is 6.34. The zero-order valence-corrected chi connectivity index (χ0v) is 13.6. The highest BCUT2D eigenvalue weighted by atomic mass is 16.5. The van der Waals surface area contributed by atoms with E-state index in [0.717, 1.165) is 32.1 Å². The van der Waals surface area contributed by atoms with Gasteiger partial charge in [-0.2, -0.15) is 0 Å². The van der Waals surface area contributed by atoms with Gasteiger partial charge in [0.1, 0.15) is 11.6 Å². The summed E-state index contributed by atoms with van der Waals surface area (Å²) >= 11 is 0. The largest absolute Gasteiger partial charge is 0.383 e. The number of nitrogens with one attached hydrogen (secondary N) is 1. The molecule has 0 aromatic heterocycles. The zero-order chi connectivity index (χ0) is 15.6. The van der Waals surface area contributed by atoms with Crippen molar-refractivity contribution in [1.29, 1.82) is 0 Å². The van der Waals surface area contributed by atoms with Gasteiger partial charge in [-0.05, 0) is 25.7 Å². The van der Waals surface area contributed by atoms with E-state index in [4.69, 9.17) is 4.74 Å². The topological polar surface area (TPSA) is 58.6 Å². The number of amides is 2. The number of hydrogen-bond acceptors (Lipinski definition) is 3. The first-order chi connectivity index (χ1) is 9.93. The highest BCUT2D eigenvalue weighted by Gasteiger charge is 2.51. The van der Waals surface area contributed by atoms with E-state index in [1.165, 1.54) is 0 Å². The molecule has 1 spiro atoms. The minimum absolute atomic E-state index is 0.0294. The smallest absolute Gasteiger partial charge is 0.249 e. The molecule has 1 saturated heterocycles. The molecule has 2 amide bonds. The number of nitrogens with zero attached hydrogens (tertiary/aromatic N) is 1. The van der Waals surface area contributed by atoms with Gasteiger partial charge in [-0.25, -0.2) is 0 Å². The van der Waals surface area contributed by atoms with Gasteiger partial charge in [0.15, 0.2) is 0 Å². The Bertz CT molecular complexity index is 402. The molecule has 2 aliphatic rings. The van der Waals surface area contributed by atoms with Crippen LogP contribution in [-0.4, -0.2) is 48.1 Å². The molecule has 2 fully saturated rings. The van der Waals surface area contributed by atoms with Crippen LogP contribution in [-0.2, 0) is 14.3 Å². The lowest BCUT2D eigenvalue weighted by molar-refractivity contribution is -0.161. The van der Waals surface area contributed by atoms with Gasteiger partial charge in [0.05, 0.1) is 12.6 Å². The lowest BCUT2D eigenvalue weighted by Crippen LogP contribution is -2.72. The van der Waals surface area contributed by atoms with Crippen LogP contribution in [0.25, 0.3) is 0 Å². The maximum atomic E-state index is 13.1. The summed E-state index contributed by atoms with van der Waals surface area (Å²) in [4.78, 5) is 27.3. The minimum atomic E-state index is -0.664. The van der Waals surface area contributed by atoms with Crippen molar-refractivity contribution in [1.82, 2.24) is 10.2 Å². The Balaban J connectivity index is 2.32. The Morgan fingerprint density at radius 2 is 1.90 bits per heavy atom. The molecule has 21 heavy (non-hydrogen) atoms. The fourth-order valence-corrected chi connectivity index (χ4v) is 3.64. The normalized spacial score (nSPS) is 27.1. The molecule has 1 aliphatic carbocycles. The molecule has 1 N–H and O–H groups in total. The van der Waals surface area contributed by atoms with Crippen LogP contribution in [0.5, 0.6) is 0 Å². The van der Waals surface area contributed by atoms with Gasteiger partial charge in [-0.1, -0.05) is 33.1 Å². The standard InChI is InChI=1S/C16H28N2O3/c1-11(2)13(10-21-4)18-12(3)14(19)17-16(15(18)20)8-6-5-7-9-16/h11-13H,5-10H2,1-4H3,(H,17,19). The third kappa shape index (κ3) is 2.93. The van der Waals surface area contributed by atoms with Gasteiger partial charge in [0.25, 0.3) is 0 Å². The second-order valence-electron chi connectivity index (χ2n) is 6.79. The first kappa shape index (κ1) is 16.3. The fraction of sp³-hybridized carbons (Fsp3) is 0.875. The summed E-state index contributed by atoms with van der Waals surface area (Å²) in [5.41, 5.74) is -0.664. The van der Waals surface area contributed by atoms with Crippen LogP contribution in [0.2, 0.25) is 0 Å². The van der Waals surface area contributed by atoms with Crippen molar-refractivity contribution in [3.8, 4) is 0 Å². The van der Waals surface area contributed by atoms with Gasteiger partial charge < -0.3 is 15.0 Å². The zero-order valence-electron chi connectivity index (χ0n) is 13.6. The fourth-order valence-electron chi connectivity index (χ4n) is 3.64. The van der Waals surface area contributed by atoms with Crippen molar-refractivity contribution in [3.05, 3.63) is 0 Å². The van der Waals surface area contributed by atoms with E-state index in [1.807, 2.05) is 6.92 Å². The van der Waals surface area contributed by atoms with Gasteiger partial charge in [0.2, 0.25) is 11.8 Å². The summed E-state index contributed by atoms with van der Waals surface area (Å²) in [6, 6.07) is -0.477. The summed E-state index contributed by atoms with van der Waals surface area (Å²) in [6.07, 6.45) is 4.68. The third-order valence-electron chi connectivity index (χ3n) is 4.97. The Labute approximate surface area is 127 Å². The number of hydrogen-bond donors (Lipinski definition) is 1. The van der Waals surface area contributed by atoms with Crippen molar-refractivity contribution < 1.29 is 14.3 Å². The SMILES string of the molecule is COCC(C(C)C)N1C(=O)C2(CCCCC2)NC(=O)C1C. The van der Waals surface area contributed by atoms with Crippen LogP contribution in [0.3, 0.4) is 0 Å². The molecule has 5 nitrogen and oxygen atoms in total. The summed E-state index contributed by atoms with van der Waals surface area (Å²) in [5, 5.41) is 3.03. The molecule has 0 aromatic carbocycles. The molecule has 0 radical (unpaired) electrons. The van der Waals surface area contributed by atoms with Crippen LogP contribution in [0.4, 0.5) is 0 Å². The van der Waals surface area contributed by atoms with E-state index in [-0.39, 0.29) is 23.8 Å². The third-order valence-corrected chi connectivity index (χ3v) is 4.97. The number of methoxy groups -OCH3 is 1. The van der Waals surface area contributed by atoms with E-state index >= 15 is 0 Å². The van der Waals surface area contributed by atoms with Crippen molar-refractivity contribution in [2.75, 3.05) is 13.7 Å². The predicted molar refractivity (Wildman–Crippen MR) is 80.8 cm³/mol. The Kier molecular flexibility index (Phi) is 4.91. The molecule has 120 valence electrons. The molecule has 1 heterocycles. The van der Waals surface area contributed by atoms with E-state index in [0.29, 0.717) is 6.61 Å². The minimum Gasteiger partial charge on any atom is -0.383 e. The summed E-state index contributed by atoms with van der Waals surface area (Å²) in [6.45, 7) is 6.43. The number of carbonyl (C=O) groups excluding carboxylic acids is 2. The maximum absolute atomic E-state index is 13.1. The van der Waals surface area contributed by atoms with Crippen LogP contribution in [0, 0.1) is 5.92 Å². The van der Waals surface area contributed by atoms with Crippen molar-refractivity contribution in [2.24, 2.45) is 5.92 Å². The van der Waals surface area contributed by atoms with Gasteiger partial charge in [-0.15, -0.1) is 0 Å². The molecule has 0 aromatic rings. The van der Waals surface area contributed by atoms with Gasteiger partial charge in [-0.3, -0.25) is 9.59 Å². The lowest BCUT2D eigenvalue weighted by atomic mass is 9.77. The Hall–Kier alpha value is -1.10. The van der Waals surface area contributed by atoms with E-state index in [2.05, 4.69) is 19.2 Å².